The lowest BCUT2D eigenvalue weighted by atomic mass is 9.99. The number of rotatable bonds is 6. The van der Waals surface area contributed by atoms with Gasteiger partial charge >= 0.3 is 0 Å². The molecule has 0 radical (unpaired) electrons. The number of nitrogens with zero attached hydrogens (tertiary/aromatic N) is 6. The minimum absolute atomic E-state index is 0.0323. The predicted octanol–water partition coefficient (Wildman–Crippen LogP) is 3.29. The summed E-state index contributed by atoms with van der Waals surface area (Å²) in [6.45, 7) is 4.72. The van der Waals surface area contributed by atoms with Gasteiger partial charge in [-0.2, -0.15) is 10.2 Å². The molecule has 2 N–H and O–H groups in total. The molecule has 2 aliphatic carbocycles. The van der Waals surface area contributed by atoms with Crippen LogP contribution >= 0.6 is 0 Å². The predicted molar refractivity (Wildman–Crippen MR) is 142 cm³/mol. The molecule has 2 unspecified atom stereocenters. The molecule has 0 spiro atoms. The van der Waals surface area contributed by atoms with Crippen LogP contribution in [0.25, 0.3) is 11.0 Å². The largest absolute Gasteiger partial charge is 0.388 e. The van der Waals surface area contributed by atoms with Gasteiger partial charge in [-0.1, -0.05) is 6.07 Å². The summed E-state index contributed by atoms with van der Waals surface area (Å²) in [5.41, 5.74) is 2.87. The standard InChI is InChI=1S/C28H33N7O2/c1-27(37)8-4-5-23(27)35-24-20(11-19(13-29)25(35)36)14-30-26(32-24)31-22-7-6-18-15-34(16-21(18)12-22)17-28(9-10-28)33(2)3/h6-7,11-12,14,23,37H,4-5,8-10,15-17H2,1-3H3,(H,30,31,32). The number of aromatic nitrogens is 3. The van der Waals surface area contributed by atoms with Gasteiger partial charge in [0.05, 0.1) is 11.6 Å². The molecule has 0 saturated heterocycles. The minimum atomic E-state index is -1.04. The van der Waals surface area contributed by atoms with Crippen molar-refractivity contribution in [3.05, 3.63) is 57.5 Å². The van der Waals surface area contributed by atoms with E-state index in [1.54, 1.807) is 13.1 Å². The van der Waals surface area contributed by atoms with E-state index in [0.29, 0.717) is 35.4 Å². The summed E-state index contributed by atoms with van der Waals surface area (Å²) in [4.78, 5) is 27.3. The normalized spacial score (nSPS) is 24.4. The Morgan fingerprint density at radius 2 is 2.00 bits per heavy atom. The van der Waals surface area contributed by atoms with E-state index >= 15 is 0 Å². The summed E-state index contributed by atoms with van der Waals surface area (Å²) < 4.78 is 1.51. The first-order valence-electron chi connectivity index (χ1n) is 13.0. The highest BCUT2D eigenvalue weighted by molar-refractivity contribution is 5.77. The van der Waals surface area contributed by atoms with E-state index in [1.165, 1.54) is 34.6 Å². The van der Waals surface area contributed by atoms with Gasteiger partial charge in [0.15, 0.2) is 0 Å². The Hall–Kier alpha value is -3.32. The average Bonchev–Trinajstić information content (AvgIpc) is 3.41. The topological polar surface area (TPSA) is 110 Å². The molecule has 37 heavy (non-hydrogen) atoms. The van der Waals surface area contributed by atoms with Crippen molar-refractivity contribution in [3.63, 3.8) is 0 Å². The van der Waals surface area contributed by atoms with Crippen molar-refractivity contribution in [1.82, 2.24) is 24.3 Å². The molecular weight excluding hydrogens is 466 g/mol. The summed E-state index contributed by atoms with van der Waals surface area (Å²) in [5, 5.41) is 24.4. The molecule has 6 rings (SSSR count). The highest BCUT2D eigenvalue weighted by atomic mass is 16.3. The average molecular weight is 500 g/mol. The summed E-state index contributed by atoms with van der Waals surface area (Å²) in [7, 11) is 4.35. The molecule has 2 aromatic heterocycles. The second-order valence-electron chi connectivity index (χ2n) is 11.5. The van der Waals surface area contributed by atoms with Gasteiger partial charge in [-0.3, -0.25) is 14.3 Å². The molecule has 192 valence electrons. The number of fused-ring (bicyclic) bond motifs is 2. The number of hydrogen-bond acceptors (Lipinski definition) is 8. The number of pyridine rings is 1. The van der Waals surface area contributed by atoms with Gasteiger partial charge in [-0.05, 0) is 82.4 Å². The number of hydrogen-bond donors (Lipinski definition) is 2. The lowest BCUT2D eigenvalue weighted by Gasteiger charge is -2.28. The number of benzene rings is 1. The first kappa shape index (κ1) is 24.0. The van der Waals surface area contributed by atoms with Gasteiger partial charge in [0.25, 0.3) is 5.56 Å². The molecule has 1 aromatic carbocycles. The molecule has 2 fully saturated rings. The van der Waals surface area contributed by atoms with E-state index in [2.05, 4.69) is 46.3 Å². The maximum Gasteiger partial charge on any atom is 0.270 e. The van der Waals surface area contributed by atoms with E-state index in [1.807, 2.05) is 12.1 Å². The maximum absolute atomic E-state index is 13.2. The molecule has 2 atom stereocenters. The lowest BCUT2D eigenvalue weighted by Crippen LogP contribution is -2.40. The number of nitrogens with one attached hydrogen (secondary N) is 1. The van der Waals surface area contributed by atoms with Crippen molar-refractivity contribution in [2.45, 2.75) is 69.3 Å². The first-order chi connectivity index (χ1) is 17.7. The number of nitriles is 1. The van der Waals surface area contributed by atoms with Crippen molar-refractivity contribution < 1.29 is 5.11 Å². The van der Waals surface area contributed by atoms with Crippen molar-refractivity contribution >= 4 is 22.7 Å². The third kappa shape index (κ3) is 4.19. The quantitative estimate of drug-likeness (QED) is 0.532. The molecule has 3 heterocycles. The Morgan fingerprint density at radius 1 is 1.22 bits per heavy atom. The van der Waals surface area contributed by atoms with Crippen LogP contribution in [0.5, 0.6) is 0 Å². The van der Waals surface area contributed by atoms with Crippen LogP contribution in [-0.4, -0.2) is 61.2 Å². The Morgan fingerprint density at radius 3 is 2.68 bits per heavy atom. The lowest BCUT2D eigenvalue weighted by molar-refractivity contribution is 0.0266. The highest BCUT2D eigenvalue weighted by Crippen LogP contribution is 2.42. The molecule has 1 aliphatic heterocycles. The van der Waals surface area contributed by atoms with Gasteiger partial charge in [-0.15, -0.1) is 0 Å². The van der Waals surface area contributed by atoms with E-state index < -0.39 is 17.2 Å². The molecule has 0 amide bonds. The van der Waals surface area contributed by atoms with Gasteiger partial charge < -0.3 is 15.3 Å². The van der Waals surface area contributed by atoms with Gasteiger partial charge in [0.2, 0.25) is 5.95 Å². The van der Waals surface area contributed by atoms with Crippen molar-refractivity contribution in [3.8, 4) is 6.07 Å². The molecular formula is C28H33N7O2. The van der Waals surface area contributed by atoms with Gasteiger partial charge in [0, 0.05) is 42.4 Å². The van der Waals surface area contributed by atoms with Crippen molar-refractivity contribution in [1.29, 1.82) is 5.26 Å². The summed E-state index contributed by atoms with van der Waals surface area (Å²) >= 11 is 0. The van der Waals surface area contributed by atoms with Crippen molar-refractivity contribution in [2.24, 2.45) is 0 Å². The Kier molecular flexibility index (Phi) is 5.60. The first-order valence-corrected chi connectivity index (χ1v) is 13.0. The molecule has 0 bridgehead atoms. The zero-order valence-corrected chi connectivity index (χ0v) is 21.7. The fourth-order valence-electron chi connectivity index (χ4n) is 6.18. The summed E-state index contributed by atoms with van der Waals surface area (Å²) in [5.74, 6) is 0.377. The van der Waals surface area contributed by atoms with Crippen LogP contribution in [0.2, 0.25) is 0 Å². The minimum Gasteiger partial charge on any atom is -0.388 e. The number of aliphatic hydroxyl groups is 1. The smallest absolute Gasteiger partial charge is 0.270 e. The zero-order valence-electron chi connectivity index (χ0n) is 21.7. The van der Waals surface area contributed by atoms with E-state index in [9.17, 15) is 15.2 Å². The Balaban J connectivity index is 1.29. The Labute approximate surface area is 216 Å². The zero-order chi connectivity index (χ0) is 25.9. The molecule has 2 saturated carbocycles. The van der Waals surface area contributed by atoms with Crippen LogP contribution in [0.15, 0.2) is 35.3 Å². The van der Waals surface area contributed by atoms with Crippen LogP contribution < -0.4 is 10.9 Å². The summed E-state index contributed by atoms with van der Waals surface area (Å²) in [6.07, 6.45) is 6.21. The molecule has 3 aliphatic rings. The van der Waals surface area contributed by atoms with Crippen LogP contribution in [0, 0.1) is 11.3 Å². The third-order valence-electron chi connectivity index (χ3n) is 8.63. The summed E-state index contributed by atoms with van der Waals surface area (Å²) in [6, 6.07) is 9.45. The van der Waals surface area contributed by atoms with Crippen LogP contribution in [0.3, 0.4) is 0 Å². The van der Waals surface area contributed by atoms with Crippen LogP contribution in [0.1, 0.15) is 61.8 Å². The second-order valence-corrected chi connectivity index (χ2v) is 11.5. The molecule has 9 heteroatoms. The highest BCUT2D eigenvalue weighted by Gasteiger charge is 2.46. The molecule has 9 nitrogen and oxygen atoms in total. The number of likely N-dealkylation sites (N-methyl/N-ethyl adjacent to an activating group) is 1. The van der Waals surface area contributed by atoms with E-state index in [0.717, 1.165) is 31.7 Å². The maximum atomic E-state index is 13.2. The van der Waals surface area contributed by atoms with Gasteiger partial charge in [0.1, 0.15) is 17.3 Å². The van der Waals surface area contributed by atoms with Crippen LogP contribution in [-0.2, 0) is 13.1 Å². The van der Waals surface area contributed by atoms with Crippen LogP contribution in [0.4, 0.5) is 11.6 Å². The fraction of sp³-hybridized carbons (Fsp3) is 0.500. The third-order valence-corrected chi connectivity index (χ3v) is 8.63. The Bertz CT molecular complexity index is 1480. The van der Waals surface area contributed by atoms with E-state index in [4.69, 9.17) is 4.98 Å². The fourth-order valence-corrected chi connectivity index (χ4v) is 6.18. The second kappa shape index (κ2) is 8.62. The monoisotopic (exact) mass is 499 g/mol. The van der Waals surface area contributed by atoms with Gasteiger partial charge in [-0.25, -0.2) is 4.98 Å². The number of anilines is 2. The molecule has 3 aromatic rings. The van der Waals surface area contributed by atoms with Crippen molar-refractivity contribution in [2.75, 3.05) is 26.0 Å². The van der Waals surface area contributed by atoms with E-state index in [-0.39, 0.29) is 5.56 Å². The SMILES string of the molecule is CN(C)C1(CN2Cc3ccc(Nc4ncc5cc(C#N)c(=O)n(C6CCCC6(C)O)c5n4)cc3C2)CC1.